The smallest absolute Gasteiger partial charge is 0.309 e. The van der Waals surface area contributed by atoms with Crippen molar-refractivity contribution in [3.63, 3.8) is 0 Å². The lowest BCUT2D eigenvalue weighted by Gasteiger charge is -2.09. The summed E-state index contributed by atoms with van der Waals surface area (Å²) in [5.41, 5.74) is 0. The molecule has 0 bridgehead atoms. The summed E-state index contributed by atoms with van der Waals surface area (Å²) in [5, 5.41) is 2.92. The van der Waals surface area contributed by atoms with Gasteiger partial charge in [0.2, 0.25) is 0 Å². The lowest BCUT2D eigenvalue weighted by molar-refractivity contribution is -0.147. The zero-order valence-electron chi connectivity index (χ0n) is 7.80. The summed E-state index contributed by atoms with van der Waals surface area (Å²) in [5.74, 6) is -0.217. The van der Waals surface area contributed by atoms with Crippen LogP contribution in [-0.2, 0) is 9.53 Å². The van der Waals surface area contributed by atoms with Crippen molar-refractivity contribution < 1.29 is 9.53 Å². The van der Waals surface area contributed by atoms with Crippen LogP contribution >= 0.6 is 0 Å². The second-order valence-corrected chi connectivity index (χ2v) is 2.70. The molecule has 70 valence electrons. The van der Waals surface area contributed by atoms with Crippen molar-refractivity contribution in [3.05, 3.63) is 12.7 Å². The molecule has 0 aliphatic rings. The molecule has 0 rings (SSSR count). The van der Waals surface area contributed by atoms with Crippen LogP contribution in [0.4, 0.5) is 0 Å². The van der Waals surface area contributed by atoms with Gasteiger partial charge in [-0.1, -0.05) is 13.0 Å². The Labute approximate surface area is 73.8 Å². The molecule has 3 heteroatoms. The number of esters is 1. The van der Waals surface area contributed by atoms with E-state index in [9.17, 15) is 4.79 Å². The van der Waals surface area contributed by atoms with Gasteiger partial charge in [0.15, 0.2) is 0 Å². The lowest BCUT2D eigenvalue weighted by Crippen LogP contribution is -2.25. The SMILES string of the molecule is C=CCCOC(=O)C(C)CNC. The minimum Gasteiger partial charge on any atom is -0.465 e. The van der Waals surface area contributed by atoms with Crippen LogP contribution in [0, 0.1) is 5.92 Å². The Morgan fingerprint density at radius 1 is 1.75 bits per heavy atom. The molecular weight excluding hydrogens is 154 g/mol. The average Bonchev–Trinajstić information content (AvgIpc) is 2.05. The fraction of sp³-hybridized carbons (Fsp3) is 0.667. The molecule has 1 atom stereocenters. The van der Waals surface area contributed by atoms with Gasteiger partial charge < -0.3 is 10.1 Å². The van der Waals surface area contributed by atoms with Gasteiger partial charge in [0.25, 0.3) is 0 Å². The van der Waals surface area contributed by atoms with Crippen LogP contribution in [0.5, 0.6) is 0 Å². The highest BCUT2D eigenvalue weighted by molar-refractivity contribution is 5.72. The third kappa shape index (κ3) is 4.91. The van der Waals surface area contributed by atoms with Gasteiger partial charge in [-0.25, -0.2) is 0 Å². The first kappa shape index (κ1) is 11.2. The van der Waals surface area contributed by atoms with Crippen molar-refractivity contribution in [2.24, 2.45) is 5.92 Å². The summed E-state index contributed by atoms with van der Waals surface area (Å²) in [6.45, 7) is 6.48. The molecule has 0 aromatic rings. The van der Waals surface area contributed by atoms with E-state index in [1.807, 2.05) is 14.0 Å². The Bertz CT molecular complexity index is 145. The minimum atomic E-state index is -0.147. The van der Waals surface area contributed by atoms with Gasteiger partial charge >= 0.3 is 5.97 Å². The molecule has 1 N–H and O–H groups in total. The summed E-state index contributed by atoms with van der Waals surface area (Å²) in [6.07, 6.45) is 2.45. The fourth-order valence-electron chi connectivity index (χ4n) is 0.775. The van der Waals surface area contributed by atoms with Gasteiger partial charge in [0, 0.05) is 6.54 Å². The van der Waals surface area contributed by atoms with Crippen LogP contribution in [0.15, 0.2) is 12.7 Å². The van der Waals surface area contributed by atoms with Crippen molar-refractivity contribution >= 4 is 5.97 Å². The largest absolute Gasteiger partial charge is 0.465 e. The predicted molar refractivity (Wildman–Crippen MR) is 48.9 cm³/mol. The Morgan fingerprint density at radius 3 is 2.92 bits per heavy atom. The van der Waals surface area contributed by atoms with Crippen molar-refractivity contribution in [3.8, 4) is 0 Å². The highest BCUT2D eigenvalue weighted by Crippen LogP contribution is 1.97. The van der Waals surface area contributed by atoms with E-state index in [1.54, 1.807) is 6.08 Å². The first-order valence-electron chi connectivity index (χ1n) is 4.14. The Morgan fingerprint density at radius 2 is 2.42 bits per heavy atom. The number of carbonyl (C=O) groups excluding carboxylic acids is 1. The molecule has 0 heterocycles. The number of hydrogen-bond donors (Lipinski definition) is 1. The second kappa shape index (κ2) is 6.85. The summed E-state index contributed by atoms with van der Waals surface area (Å²) >= 11 is 0. The molecule has 0 saturated heterocycles. The van der Waals surface area contributed by atoms with E-state index in [0.717, 1.165) is 6.42 Å². The molecule has 12 heavy (non-hydrogen) atoms. The molecule has 0 aliphatic carbocycles. The summed E-state index contributed by atoms with van der Waals surface area (Å²) in [7, 11) is 1.81. The topological polar surface area (TPSA) is 38.3 Å². The van der Waals surface area contributed by atoms with Crippen molar-refractivity contribution in [2.75, 3.05) is 20.2 Å². The highest BCUT2D eigenvalue weighted by Gasteiger charge is 2.11. The third-order valence-electron chi connectivity index (χ3n) is 1.48. The zero-order chi connectivity index (χ0) is 9.40. The van der Waals surface area contributed by atoms with E-state index in [2.05, 4.69) is 11.9 Å². The van der Waals surface area contributed by atoms with E-state index >= 15 is 0 Å². The maximum atomic E-state index is 11.1. The Hall–Kier alpha value is -0.830. The van der Waals surface area contributed by atoms with Crippen LogP contribution in [0.25, 0.3) is 0 Å². The van der Waals surface area contributed by atoms with Gasteiger partial charge in [0.05, 0.1) is 12.5 Å². The monoisotopic (exact) mass is 171 g/mol. The number of ether oxygens (including phenoxy) is 1. The van der Waals surface area contributed by atoms with E-state index in [1.165, 1.54) is 0 Å². The number of nitrogens with one attached hydrogen (secondary N) is 1. The molecule has 3 nitrogen and oxygen atoms in total. The maximum absolute atomic E-state index is 11.1. The zero-order valence-corrected chi connectivity index (χ0v) is 7.80. The van der Waals surface area contributed by atoms with Crippen molar-refractivity contribution in [2.45, 2.75) is 13.3 Å². The van der Waals surface area contributed by atoms with Crippen molar-refractivity contribution in [1.29, 1.82) is 0 Å². The molecule has 0 aromatic carbocycles. The molecule has 0 amide bonds. The molecule has 0 saturated carbocycles. The summed E-state index contributed by atoms with van der Waals surface area (Å²) in [4.78, 5) is 11.1. The quantitative estimate of drug-likeness (QED) is 0.367. The third-order valence-corrected chi connectivity index (χ3v) is 1.48. The van der Waals surface area contributed by atoms with Gasteiger partial charge in [-0.05, 0) is 13.5 Å². The van der Waals surface area contributed by atoms with E-state index in [-0.39, 0.29) is 11.9 Å². The Balaban J connectivity index is 3.49. The minimum absolute atomic E-state index is 0.0696. The Kier molecular flexibility index (Phi) is 6.38. The van der Waals surface area contributed by atoms with Gasteiger partial charge in [-0.3, -0.25) is 4.79 Å². The molecule has 0 aliphatic heterocycles. The van der Waals surface area contributed by atoms with Crippen LogP contribution in [0.1, 0.15) is 13.3 Å². The summed E-state index contributed by atoms with van der Waals surface area (Å²) < 4.78 is 4.95. The number of hydrogen-bond acceptors (Lipinski definition) is 3. The number of carbonyl (C=O) groups is 1. The van der Waals surface area contributed by atoms with Gasteiger partial charge in [-0.15, -0.1) is 6.58 Å². The standard InChI is InChI=1S/C9H17NO2/c1-4-5-6-12-9(11)8(2)7-10-3/h4,8,10H,1,5-7H2,2-3H3. The van der Waals surface area contributed by atoms with Crippen molar-refractivity contribution in [1.82, 2.24) is 5.32 Å². The highest BCUT2D eigenvalue weighted by atomic mass is 16.5. The first-order valence-corrected chi connectivity index (χ1v) is 4.14. The van der Waals surface area contributed by atoms with E-state index < -0.39 is 0 Å². The normalized spacial score (nSPS) is 12.2. The predicted octanol–water partition coefficient (Wildman–Crippen LogP) is 0.961. The van der Waals surface area contributed by atoms with Gasteiger partial charge in [-0.2, -0.15) is 0 Å². The van der Waals surface area contributed by atoms with Crippen LogP contribution in [-0.4, -0.2) is 26.2 Å². The van der Waals surface area contributed by atoms with E-state index in [0.29, 0.717) is 13.2 Å². The molecule has 0 fully saturated rings. The second-order valence-electron chi connectivity index (χ2n) is 2.70. The lowest BCUT2D eigenvalue weighted by atomic mass is 10.2. The number of rotatable bonds is 6. The first-order chi connectivity index (χ1) is 5.72. The maximum Gasteiger partial charge on any atom is 0.309 e. The molecule has 0 radical (unpaired) electrons. The molecular formula is C9H17NO2. The van der Waals surface area contributed by atoms with Crippen LogP contribution in [0.2, 0.25) is 0 Å². The molecule has 1 unspecified atom stereocenters. The van der Waals surface area contributed by atoms with Gasteiger partial charge in [0.1, 0.15) is 0 Å². The van der Waals surface area contributed by atoms with Crippen LogP contribution < -0.4 is 5.32 Å². The average molecular weight is 171 g/mol. The molecule has 0 aromatic heterocycles. The molecule has 0 spiro atoms. The summed E-state index contributed by atoms with van der Waals surface area (Å²) in [6, 6.07) is 0. The fourth-order valence-corrected chi connectivity index (χ4v) is 0.775. The van der Waals surface area contributed by atoms with E-state index in [4.69, 9.17) is 4.74 Å². The van der Waals surface area contributed by atoms with Crippen LogP contribution in [0.3, 0.4) is 0 Å².